The van der Waals surface area contributed by atoms with Gasteiger partial charge in [0, 0.05) is 13.1 Å². The van der Waals surface area contributed by atoms with Crippen molar-refractivity contribution < 1.29 is 8.42 Å². The fraction of sp³-hybridized carbons (Fsp3) is 0.625. The third-order valence-corrected chi connectivity index (χ3v) is 3.77. The molecule has 0 amide bonds. The molecule has 0 radical (unpaired) electrons. The zero-order valence-electron chi connectivity index (χ0n) is 7.52. The van der Waals surface area contributed by atoms with E-state index >= 15 is 0 Å². The molecule has 0 aromatic rings. The molecule has 0 aromatic carbocycles. The second kappa shape index (κ2) is 3.90. The van der Waals surface area contributed by atoms with E-state index in [1.807, 2.05) is 6.07 Å². The molecule has 1 aliphatic heterocycles. The molecule has 0 atom stereocenters. The Labute approximate surface area is 78.5 Å². The van der Waals surface area contributed by atoms with Gasteiger partial charge in [0.2, 0.25) is 10.0 Å². The molecule has 5 heteroatoms. The van der Waals surface area contributed by atoms with Gasteiger partial charge in [0.15, 0.2) is 0 Å². The molecule has 0 aliphatic carbocycles. The maximum absolute atomic E-state index is 11.2. The molecule has 13 heavy (non-hydrogen) atoms. The fourth-order valence-electron chi connectivity index (χ4n) is 1.11. The van der Waals surface area contributed by atoms with E-state index in [2.05, 4.69) is 0 Å². The third kappa shape index (κ3) is 2.29. The van der Waals surface area contributed by atoms with Crippen LogP contribution in [-0.4, -0.2) is 31.6 Å². The summed E-state index contributed by atoms with van der Waals surface area (Å²) < 4.78 is 23.9. The van der Waals surface area contributed by atoms with Gasteiger partial charge in [0.05, 0.1) is 18.2 Å². The summed E-state index contributed by atoms with van der Waals surface area (Å²) in [5, 5.41) is 8.28. The number of hydrogen-bond acceptors (Lipinski definition) is 3. The Morgan fingerprint density at radius 3 is 2.69 bits per heavy atom. The Kier molecular flexibility index (Phi) is 3.07. The maximum atomic E-state index is 11.2. The van der Waals surface area contributed by atoms with Gasteiger partial charge in [-0.3, -0.25) is 0 Å². The average Bonchev–Trinajstić information content (AvgIpc) is 2.01. The summed E-state index contributed by atoms with van der Waals surface area (Å²) in [7, 11) is -3.01. The van der Waals surface area contributed by atoms with Crippen LogP contribution < -0.4 is 0 Å². The van der Waals surface area contributed by atoms with E-state index in [-0.39, 0.29) is 5.75 Å². The van der Waals surface area contributed by atoms with Crippen LogP contribution >= 0.6 is 0 Å². The summed E-state index contributed by atoms with van der Waals surface area (Å²) in [6, 6.07) is 1.99. The average molecular weight is 200 g/mol. The van der Waals surface area contributed by atoms with Crippen LogP contribution in [0.25, 0.3) is 0 Å². The normalized spacial score (nSPS) is 17.7. The maximum Gasteiger partial charge on any atom is 0.214 e. The minimum Gasteiger partial charge on any atom is -0.212 e. The number of nitriles is 1. The summed E-state index contributed by atoms with van der Waals surface area (Å²) in [6.07, 6.45) is 2.16. The number of nitrogens with zero attached hydrogens (tertiary/aromatic N) is 2. The summed E-state index contributed by atoms with van der Waals surface area (Å²) in [5.41, 5.74) is 1.04. The first-order valence-electron chi connectivity index (χ1n) is 4.13. The first kappa shape index (κ1) is 10.2. The van der Waals surface area contributed by atoms with Crippen LogP contribution in [0.1, 0.15) is 13.3 Å². The molecular formula is C8H12N2O2S. The van der Waals surface area contributed by atoms with Crippen molar-refractivity contribution in [3.63, 3.8) is 0 Å². The van der Waals surface area contributed by atoms with Crippen molar-refractivity contribution >= 4 is 10.0 Å². The Bertz CT molecular complexity index is 343. The van der Waals surface area contributed by atoms with Gasteiger partial charge in [-0.1, -0.05) is 6.08 Å². The smallest absolute Gasteiger partial charge is 0.212 e. The van der Waals surface area contributed by atoms with Gasteiger partial charge in [-0.15, -0.1) is 0 Å². The Balaban J connectivity index is 2.47. The second-order valence-corrected chi connectivity index (χ2v) is 5.15. The lowest BCUT2D eigenvalue weighted by Gasteiger charge is -2.32. The zero-order valence-corrected chi connectivity index (χ0v) is 8.34. The van der Waals surface area contributed by atoms with E-state index in [9.17, 15) is 8.42 Å². The fourth-order valence-corrected chi connectivity index (χ4v) is 2.20. The van der Waals surface area contributed by atoms with Gasteiger partial charge >= 0.3 is 0 Å². The van der Waals surface area contributed by atoms with E-state index in [0.29, 0.717) is 19.5 Å². The Hall–Kier alpha value is -0.860. The van der Waals surface area contributed by atoms with Crippen LogP contribution in [0.2, 0.25) is 0 Å². The first-order valence-corrected chi connectivity index (χ1v) is 5.73. The van der Waals surface area contributed by atoms with Gasteiger partial charge in [-0.2, -0.15) is 9.57 Å². The number of hydrogen-bond donors (Lipinski definition) is 0. The van der Waals surface area contributed by atoms with Crippen LogP contribution in [-0.2, 0) is 10.0 Å². The monoisotopic (exact) mass is 200 g/mol. The van der Waals surface area contributed by atoms with E-state index in [1.54, 1.807) is 13.0 Å². The molecule has 0 spiro atoms. The van der Waals surface area contributed by atoms with Crippen molar-refractivity contribution in [1.82, 2.24) is 4.31 Å². The molecule has 4 nitrogen and oxygen atoms in total. The summed E-state index contributed by atoms with van der Waals surface area (Å²) in [6.45, 7) is 2.57. The lowest BCUT2D eigenvalue weighted by atomic mass is 10.1. The molecule has 72 valence electrons. The first-order chi connectivity index (χ1) is 6.10. The van der Waals surface area contributed by atoms with Gasteiger partial charge in [0.1, 0.15) is 0 Å². The van der Waals surface area contributed by atoms with Crippen LogP contribution in [0, 0.1) is 11.3 Å². The van der Waals surface area contributed by atoms with E-state index in [0.717, 1.165) is 5.57 Å². The lowest BCUT2D eigenvalue weighted by Crippen LogP contribution is -2.45. The topological polar surface area (TPSA) is 61.2 Å². The SMILES string of the molecule is CCS(=O)(=O)N1CC(=CCC#N)C1. The highest BCUT2D eigenvalue weighted by molar-refractivity contribution is 7.89. The molecule has 0 saturated carbocycles. The van der Waals surface area contributed by atoms with E-state index < -0.39 is 10.0 Å². The molecular weight excluding hydrogens is 188 g/mol. The van der Waals surface area contributed by atoms with Crippen molar-refractivity contribution in [2.24, 2.45) is 0 Å². The van der Waals surface area contributed by atoms with Crippen molar-refractivity contribution in [3.8, 4) is 6.07 Å². The quantitative estimate of drug-likeness (QED) is 0.623. The molecule has 0 aromatic heterocycles. The molecule has 1 saturated heterocycles. The van der Waals surface area contributed by atoms with Crippen molar-refractivity contribution in [1.29, 1.82) is 5.26 Å². The molecule has 1 fully saturated rings. The summed E-state index contributed by atoms with van der Waals surface area (Å²) in [4.78, 5) is 0. The highest BCUT2D eigenvalue weighted by Crippen LogP contribution is 2.18. The zero-order chi connectivity index (χ0) is 9.90. The van der Waals surface area contributed by atoms with Gasteiger partial charge < -0.3 is 0 Å². The van der Waals surface area contributed by atoms with Crippen LogP contribution in [0.15, 0.2) is 11.6 Å². The number of rotatable bonds is 3. The molecule has 1 aliphatic rings. The Morgan fingerprint density at radius 1 is 1.62 bits per heavy atom. The van der Waals surface area contributed by atoms with Crippen LogP contribution in [0.5, 0.6) is 0 Å². The van der Waals surface area contributed by atoms with Gasteiger partial charge in [-0.05, 0) is 12.5 Å². The van der Waals surface area contributed by atoms with Gasteiger partial charge in [0.25, 0.3) is 0 Å². The van der Waals surface area contributed by atoms with Crippen molar-refractivity contribution in [3.05, 3.63) is 11.6 Å². The highest BCUT2D eigenvalue weighted by Gasteiger charge is 2.29. The van der Waals surface area contributed by atoms with E-state index in [1.165, 1.54) is 4.31 Å². The van der Waals surface area contributed by atoms with Crippen molar-refractivity contribution in [2.75, 3.05) is 18.8 Å². The second-order valence-electron chi connectivity index (χ2n) is 2.89. The predicted molar refractivity (Wildman–Crippen MR) is 49.3 cm³/mol. The molecule has 0 N–H and O–H groups in total. The molecule has 1 rings (SSSR count). The number of sulfonamides is 1. The lowest BCUT2D eigenvalue weighted by molar-refractivity contribution is 0.391. The largest absolute Gasteiger partial charge is 0.214 e. The standard InChI is InChI=1S/C8H12N2O2S/c1-2-13(11,12)10-6-8(7-10)4-3-5-9/h4H,2-3,6-7H2,1H3. The minimum atomic E-state index is -3.01. The predicted octanol–water partition coefficient (Wildman–Crippen LogP) is 0.492. The van der Waals surface area contributed by atoms with Crippen LogP contribution in [0.3, 0.4) is 0 Å². The molecule has 0 unspecified atom stereocenters. The number of allylic oxidation sites excluding steroid dienone is 1. The minimum absolute atomic E-state index is 0.151. The highest BCUT2D eigenvalue weighted by atomic mass is 32.2. The molecule has 0 bridgehead atoms. The summed E-state index contributed by atoms with van der Waals surface area (Å²) in [5.74, 6) is 0.151. The summed E-state index contributed by atoms with van der Waals surface area (Å²) >= 11 is 0. The van der Waals surface area contributed by atoms with Crippen molar-refractivity contribution in [2.45, 2.75) is 13.3 Å². The molecule has 1 heterocycles. The van der Waals surface area contributed by atoms with Crippen LogP contribution in [0.4, 0.5) is 0 Å². The van der Waals surface area contributed by atoms with E-state index in [4.69, 9.17) is 5.26 Å². The third-order valence-electron chi connectivity index (χ3n) is 2.00. The van der Waals surface area contributed by atoms with Gasteiger partial charge in [-0.25, -0.2) is 8.42 Å². The Morgan fingerprint density at radius 2 is 2.23 bits per heavy atom.